The maximum absolute atomic E-state index is 13.2. The molecule has 1 amide bonds. The first-order chi connectivity index (χ1) is 14.4. The van der Waals surface area contributed by atoms with E-state index in [9.17, 15) is 18.0 Å². The van der Waals surface area contributed by atoms with Crippen LogP contribution in [0.3, 0.4) is 0 Å². The van der Waals surface area contributed by atoms with Gasteiger partial charge in [-0.15, -0.1) is 0 Å². The van der Waals surface area contributed by atoms with Crippen molar-refractivity contribution in [1.82, 2.24) is 4.31 Å². The van der Waals surface area contributed by atoms with Gasteiger partial charge in [0.2, 0.25) is 0 Å². The Hall–Kier alpha value is -2.93. The summed E-state index contributed by atoms with van der Waals surface area (Å²) in [6.07, 6.45) is 0. The van der Waals surface area contributed by atoms with Crippen LogP contribution in [0.4, 0.5) is 0 Å². The molecule has 152 valence electrons. The summed E-state index contributed by atoms with van der Waals surface area (Å²) in [6, 6.07) is 21.2. The number of fused-ring (bicyclic) bond motifs is 1. The van der Waals surface area contributed by atoms with Crippen LogP contribution in [0.1, 0.15) is 32.3 Å². The summed E-state index contributed by atoms with van der Waals surface area (Å²) in [5.74, 6) is -1.62. The van der Waals surface area contributed by atoms with E-state index in [1.54, 1.807) is 24.3 Å². The molecule has 3 aromatic carbocycles. The quantitative estimate of drug-likeness (QED) is 0.541. The van der Waals surface area contributed by atoms with E-state index < -0.39 is 27.9 Å². The third kappa shape index (κ3) is 3.65. The molecule has 1 N–H and O–H groups in total. The second-order valence-electron chi connectivity index (χ2n) is 6.67. The van der Waals surface area contributed by atoms with Gasteiger partial charge in [0.25, 0.3) is 0 Å². The molecule has 0 saturated heterocycles. The van der Waals surface area contributed by atoms with Gasteiger partial charge in [0.15, 0.2) is 0 Å². The van der Waals surface area contributed by atoms with Crippen molar-refractivity contribution >= 4 is 41.3 Å². The van der Waals surface area contributed by atoms with Gasteiger partial charge in [0, 0.05) is 0 Å². The van der Waals surface area contributed by atoms with Gasteiger partial charge in [-0.3, -0.25) is 0 Å². The summed E-state index contributed by atoms with van der Waals surface area (Å²) >= 11 is -0.0953. The van der Waals surface area contributed by atoms with Crippen molar-refractivity contribution < 1.29 is 23.1 Å². The van der Waals surface area contributed by atoms with Crippen molar-refractivity contribution in [3.8, 4) is 0 Å². The molecule has 0 fully saturated rings. The number of benzene rings is 3. The molecule has 1 aliphatic heterocycles. The second kappa shape index (κ2) is 8.07. The monoisotopic (exact) mass is 487 g/mol. The number of nitrogens with zero attached hydrogens (tertiary/aromatic N) is 1. The summed E-state index contributed by atoms with van der Waals surface area (Å²) in [7, 11) is -4.00. The SMILES string of the molecule is O=C(O)c1ccc(C(C[Se]c2ccccc2)N2C(=O)c3ccccc3S2(=O)=O)cc1. The van der Waals surface area contributed by atoms with E-state index in [-0.39, 0.29) is 31.0 Å². The summed E-state index contributed by atoms with van der Waals surface area (Å²) in [5, 5.41) is 9.60. The molecule has 4 rings (SSSR count). The normalized spacial score (nSPS) is 15.6. The summed E-state index contributed by atoms with van der Waals surface area (Å²) in [5.41, 5.74) is 0.851. The van der Waals surface area contributed by atoms with Crippen LogP contribution in [-0.4, -0.2) is 44.7 Å². The van der Waals surface area contributed by atoms with E-state index in [1.807, 2.05) is 30.3 Å². The first kappa shape index (κ1) is 20.3. The average molecular weight is 486 g/mol. The fourth-order valence-corrected chi connectivity index (χ4v) is 7.49. The van der Waals surface area contributed by atoms with Gasteiger partial charge in [-0.25, -0.2) is 0 Å². The zero-order valence-corrected chi connectivity index (χ0v) is 18.2. The molecule has 1 unspecified atom stereocenters. The van der Waals surface area contributed by atoms with Crippen molar-refractivity contribution in [1.29, 1.82) is 0 Å². The van der Waals surface area contributed by atoms with Crippen molar-refractivity contribution in [3.63, 3.8) is 0 Å². The Morgan fingerprint density at radius 1 is 0.933 bits per heavy atom. The first-order valence-corrected chi connectivity index (χ1v) is 12.6. The third-order valence-electron chi connectivity index (χ3n) is 4.83. The molecule has 3 aromatic rings. The topological polar surface area (TPSA) is 91.8 Å². The van der Waals surface area contributed by atoms with E-state index in [4.69, 9.17) is 5.11 Å². The zero-order chi connectivity index (χ0) is 21.3. The maximum atomic E-state index is 13.2. The molecular weight excluding hydrogens is 469 g/mol. The number of sulfonamides is 1. The summed E-state index contributed by atoms with van der Waals surface area (Å²) in [4.78, 5) is 24.3. The van der Waals surface area contributed by atoms with E-state index >= 15 is 0 Å². The van der Waals surface area contributed by atoms with Gasteiger partial charge >= 0.3 is 181 Å². The molecule has 6 nitrogen and oxygen atoms in total. The number of hydrogen-bond acceptors (Lipinski definition) is 4. The Kier molecular flexibility index (Phi) is 5.47. The number of carboxylic acid groups (broad SMARTS) is 1. The number of carbonyl (C=O) groups excluding carboxylic acids is 1. The first-order valence-electron chi connectivity index (χ1n) is 9.08. The molecule has 0 spiro atoms. The van der Waals surface area contributed by atoms with E-state index in [2.05, 4.69) is 0 Å². The fraction of sp³-hybridized carbons (Fsp3) is 0.0909. The fourth-order valence-electron chi connectivity index (χ4n) is 3.35. The van der Waals surface area contributed by atoms with Crippen molar-refractivity contribution in [2.24, 2.45) is 0 Å². The summed E-state index contributed by atoms with van der Waals surface area (Å²) in [6.45, 7) is 0. The van der Waals surface area contributed by atoms with Crippen LogP contribution in [0.25, 0.3) is 0 Å². The van der Waals surface area contributed by atoms with E-state index in [0.29, 0.717) is 10.9 Å². The predicted octanol–water partition coefficient (Wildman–Crippen LogP) is 2.72. The third-order valence-corrected chi connectivity index (χ3v) is 8.96. The van der Waals surface area contributed by atoms with Crippen LogP contribution >= 0.6 is 0 Å². The number of carboxylic acids is 1. The van der Waals surface area contributed by atoms with E-state index in [0.717, 1.165) is 8.77 Å². The van der Waals surface area contributed by atoms with Gasteiger partial charge in [-0.1, -0.05) is 0 Å². The molecule has 1 atom stereocenters. The number of aromatic carboxylic acids is 1. The van der Waals surface area contributed by atoms with Gasteiger partial charge in [0.05, 0.1) is 0 Å². The minimum atomic E-state index is -4.00. The molecular formula is C22H17NO5SSe. The Balaban J connectivity index is 1.75. The Morgan fingerprint density at radius 2 is 1.57 bits per heavy atom. The Labute approximate surface area is 180 Å². The molecule has 1 aliphatic rings. The van der Waals surface area contributed by atoms with Crippen molar-refractivity contribution in [2.45, 2.75) is 16.3 Å². The molecule has 1 heterocycles. The molecule has 30 heavy (non-hydrogen) atoms. The minimum absolute atomic E-state index is 0.00867. The van der Waals surface area contributed by atoms with E-state index in [1.165, 1.54) is 24.3 Å². The standard InChI is InChI=1S/C22H17NO5SSe/c24-21-18-8-4-5-9-20(18)29(27,28)23(21)19(14-30-17-6-2-1-3-7-17)15-10-12-16(13-11-15)22(25)26/h1-13,19H,14H2,(H,25,26). The second-order valence-corrected chi connectivity index (χ2v) is 10.7. The van der Waals surface area contributed by atoms with Gasteiger partial charge in [0.1, 0.15) is 0 Å². The van der Waals surface area contributed by atoms with Crippen LogP contribution in [0.15, 0.2) is 83.8 Å². The number of carbonyl (C=O) groups is 2. The average Bonchev–Trinajstić information content (AvgIpc) is 2.96. The Morgan fingerprint density at radius 3 is 2.20 bits per heavy atom. The van der Waals surface area contributed by atoms with Gasteiger partial charge in [-0.2, -0.15) is 0 Å². The zero-order valence-electron chi connectivity index (χ0n) is 15.6. The summed E-state index contributed by atoms with van der Waals surface area (Å²) < 4.78 is 28.5. The predicted molar refractivity (Wildman–Crippen MR) is 113 cm³/mol. The molecule has 0 aliphatic carbocycles. The molecule has 0 bridgehead atoms. The van der Waals surface area contributed by atoms with Crippen molar-refractivity contribution in [3.05, 3.63) is 95.6 Å². The van der Waals surface area contributed by atoms with Crippen LogP contribution in [0, 0.1) is 0 Å². The number of hydrogen-bond donors (Lipinski definition) is 1. The molecule has 0 aromatic heterocycles. The molecule has 0 radical (unpaired) electrons. The molecule has 8 heteroatoms. The number of rotatable bonds is 6. The van der Waals surface area contributed by atoms with Crippen molar-refractivity contribution in [2.75, 3.05) is 0 Å². The van der Waals surface area contributed by atoms with Gasteiger partial charge in [-0.05, 0) is 0 Å². The van der Waals surface area contributed by atoms with Crippen LogP contribution in [-0.2, 0) is 10.0 Å². The van der Waals surface area contributed by atoms with Gasteiger partial charge < -0.3 is 0 Å². The van der Waals surface area contributed by atoms with Crippen LogP contribution < -0.4 is 4.46 Å². The number of amides is 1. The van der Waals surface area contributed by atoms with Crippen LogP contribution in [0.2, 0.25) is 5.32 Å². The Bertz CT molecular complexity index is 1210. The van der Waals surface area contributed by atoms with Crippen LogP contribution in [0.5, 0.6) is 0 Å². The molecule has 0 saturated carbocycles.